The smallest absolute Gasteiger partial charge is 0.116 e. The Morgan fingerprint density at radius 1 is 1.13 bits per heavy atom. The van der Waals surface area contributed by atoms with Crippen molar-refractivity contribution in [1.29, 1.82) is 0 Å². The molecule has 1 aliphatic rings. The lowest BCUT2D eigenvalue weighted by molar-refractivity contribution is 1.16. The highest BCUT2D eigenvalue weighted by Crippen LogP contribution is 2.31. The van der Waals surface area contributed by atoms with E-state index in [-0.39, 0.29) is 0 Å². The number of nitrogens with zero attached hydrogens (tertiary/aromatic N) is 2. The first-order valence-corrected chi connectivity index (χ1v) is 4.77. The predicted octanol–water partition coefficient (Wildman–Crippen LogP) is 2.54. The van der Waals surface area contributed by atoms with Gasteiger partial charge in [-0.1, -0.05) is 18.2 Å². The van der Waals surface area contributed by atoms with E-state index in [1.165, 1.54) is 0 Å². The van der Waals surface area contributed by atoms with Crippen molar-refractivity contribution in [3.8, 4) is 11.3 Å². The zero-order valence-electron chi connectivity index (χ0n) is 8.01. The molecular formula is C12H9N3. The molecule has 1 aromatic heterocycles. The van der Waals surface area contributed by atoms with Crippen LogP contribution < -0.4 is 5.32 Å². The Kier molecular flexibility index (Phi) is 1.75. The molecule has 3 heteroatoms. The lowest BCUT2D eigenvalue weighted by atomic mass is 10.1. The molecule has 0 amide bonds. The Morgan fingerprint density at radius 3 is 3.07 bits per heavy atom. The minimum absolute atomic E-state index is 0.974. The number of rotatable bonds is 0. The molecule has 0 fully saturated rings. The molecule has 72 valence electrons. The van der Waals surface area contributed by atoms with Gasteiger partial charge in [0.1, 0.15) is 6.33 Å². The number of para-hydroxylation sites is 1. The van der Waals surface area contributed by atoms with Crippen molar-refractivity contribution in [1.82, 2.24) is 9.97 Å². The Bertz CT molecular complexity index is 532. The molecule has 3 rings (SSSR count). The van der Waals surface area contributed by atoms with Crippen LogP contribution in [0.2, 0.25) is 0 Å². The lowest BCUT2D eigenvalue weighted by Crippen LogP contribution is -1.91. The second-order valence-corrected chi connectivity index (χ2v) is 3.35. The molecule has 1 aliphatic heterocycles. The molecular weight excluding hydrogens is 186 g/mol. The Hall–Kier alpha value is -2.16. The van der Waals surface area contributed by atoms with Crippen molar-refractivity contribution < 1.29 is 0 Å². The summed E-state index contributed by atoms with van der Waals surface area (Å²) in [5.41, 5.74) is 4.20. The second kappa shape index (κ2) is 3.20. The molecule has 0 saturated heterocycles. The Morgan fingerprint density at radius 2 is 2.07 bits per heavy atom. The van der Waals surface area contributed by atoms with E-state index >= 15 is 0 Å². The molecule has 1 aromatic carbocycles. The van der Waals surface area contributed by atoms with E-state index in [9.17, 15) is 0 Å². The highest BCUT2D eigenvalue weighted by Gasteiger charge is 2.10. The fraction of sp³-hybridized carbons (Fsp3) is 0. The van der Waals surface area contributed by atoms with E-state index in [0.29, 0.717) is 0 Å². The van der Waals surface area contributed by atoms with Gasteiger partial charge in [-0.3, -0.25) is 0 Å². The van der Waals surface area contributed by atoms with E-state index in [1.807, 2.05) is 36.7 Å². The summed E-state index contributed by atoms with van der Waals surface area (Å²) in [6.07, 6.45) is 7.29. The first-order chi connectivity index (χ1) is 7.45. The van der Waals surface area contributed by atoms with Crippen LogP contribution in [-0.4, -0.2) is 9.97 Å². The number of hydrogen-bond donors (Lipinski definition) is 1. The Balaban J connectivity index is 2.33. The van der Waals surface area contributed by atoms with E-state index in [2.05, 4.69) is 21.4 Å². The zero-order chi connectivity index (χ0) is 10.1. The third-order valence-corrected chi connectivity index (χ3v) is 2.42. The van der Waals surface area contributed by atoms with Gasteiger partial charge in [-0.15, -0.1) is 0 Å². The summed E-state index contributed by atoms with van der Waals surface area (Å²) in [6, 6.07) is 8.11. The topological polar surface area (TPSA) is 37.8 Å². The van der Waals surface area contributed by atoms with Crippen LogP contribution in [0.1, 0.15) is 5.56 Å². The second-order valence-electron chi connectivity index (χ2n) is 3.35. The van der Waals surface area contributed by atoms with Crippen molar-refractivity contribution in [2.24, 2.45) is 0 Å². The van der Waals surface area contributed by atoms with Crippen LogP contribution in [0.25, 0.3) is 17.3 Å². The molecule has 0 radical (unpaired) electrons. The summed E-state index contributed by atoms with van der Waals surface area (Å²) in [6.45, 7) is 0. The normalized spacial score (nSPS) is 12.3. The van der Waals surface area contributed by atoms with Crippen molar-refractivity contribution in [3.05, 3.63) is 48.6 Å². The molecule has 0 aliphatic carbocycles. The SMILES string of the molecule is C1=Cc2cncnc2-c2ccccc2N1. The van der Waals surface area contributed by atoms with Crippen LogP contribution >= 0.6 is 0 Å². The van der Waals surface area contributed by atoms with Crippen molar-refractivity contribution in [2.45, 2.75) is 0 Å². The summed E-state index contributed by atoms with van der Waals surface area (Å²) in [4.78, 5) is 8.34. The molecule has 3 nitrogen and oxygen atoms in total. The van der Waals surface area contributed by atoms with Gasteiger partial charge < -0.3 is 5.32 Å². The van der Waals surface area contributed by atoms with Gasteiger partial charge in [0.25, 0.3) is 0 Å². The van der Waals surface area contributed by atoms with Crippen LogP contribution in [0.4, 0.5) is 5.69 Å². The third-order valence-electron chi connectivity index (χ3n) is 2.42. The maximum atomic E-state index is 4.32. The minimum atomic E-state index is 0.974. The zero-order valence-corrected chi connectivity index (χ0v) is 8.01. The quantitative estimate of drug-likeness (QED) is 0.702. The monoisotopic (exact) mass is 195 g/mol. The summed E-state index contributed by atoms with van der Waals surface area (Å²) < 4.78 is 0. The molecule has 15 heavy (non-hydrogen) atoms. The van der Waals surface area contributed by atoms with E-state index in [4.69, 9.17) is 0 Å². The lowest BCUT2D eigenvalue weighted by Gasteiger charge is -2.06. The van der Waals surface area contributed by atoms with Gasteiger partial charge in [-0.05, 0) is 12.1 Å². The standard InChI is InChI=1S/C12H9N3/c1-2-4-11-10(3-1)12-9(5-6-14-11)7-13-8-15-12/h1-8,14H. The van der Waals surface area contributed by atoms with E-state index < -0.39 is 0 Å². The van der Waals surface area contributed by atoms with Crippen LogP contribution in [0.15, 0.2) is 43.0 Å². The first kappa shape index (κ1) is 8.17. The maximum absolute atomic E-state index is 4.32. The van der Waals surface area contributed by atoms with Crippen LogP contribution in [0.5, 0.6) is 0 Å². The fourth-order valence-corrected chi connectivity index (χ4v) is 1.72. The van der Waals surface area contributed by atoms with Crippen LogP contribution in [0.3, 0.4) is 0 Å². The van der Waals surface area contributed by atoms with Crippen molar-refractivity contribution >= 4 is 11.8 Å². The average Bonchev–Trinajstić information content (AvgIpc) is 2.48. The van der Waals surface area contributed by atoms with Crippen molar-refractivity contribution in [3.63, 3.8) is 0 Å². The summed E-state index contributed by atoms with van der Waals surface area (Å²) in [5, 5.41) is 3.22. The van der Waals surface area contributed by atoms with E-state index in [0.717, 1.165) is 22.5 Å². The predicted molar refractivity (Wildman–Crippen MR) is 60.1 cm³/mol. The largest absolute Gasteiger partial charge is 0.361 e. The maximum Gasteiger partial charge on any atom is 0.116 e. The fourth-order valence-electron chi connectivity index (χ4n) is 1.72. The number of anilines is 1. The van der Waals surface area contributed by atoms with Crippen LogP contribution in [-0.2, 0) is 0 Å². The average molecular weight is 195 g/mol. The summed E-state index contributed by atoms with van der Waals surface area (Å²) in [7, 11) is 0. The number of benzene rings is 1. The first-order valence-electron chi connectivity index (χ1n) is 4.77. The highest BCUT2D eigenvalue weighted by atomic mass is 14.9. The molecule has 2 aromatic rings. The summed E-state index contributed by atoms with van der Waals surface area (Å²) >= 11 is 0. The molecule has 2 heterocycles. The highest BCUT2D eigenvalue weighted by molar-refractivity contribution is 5.84. The minimum Gasteiger partial charge on any atom is -0.361 e. The number of fused-ring (bicyclic) bond motifs is 3. The molecule has 1 N–H and O–H groups in total. The third kappa shape index (κ3) is 1.29. The number of hydrogen-bond acceptors (Lipinski definition) is 3. The van der Waals surface area contributed by atoms with Gasteiger partial charge >= 0.3 is 0 Å². The number of nitrogens with one attached hydrogen (secondary N) is 1. The summed E-state index contributed by atoms with van der Waals surface area (Å²) in [5.74, 6) is 0. The van der Waals surface area contributed by atoms with Gasteiger partial charge in [0.15, 0.2) is 0 Å². The van der Waals surface area contributed by atoms with Gasteiger partial charge in [0, 0.05) is 29.2 Å². The van der Waals surface area contributed by atoms with Gasteiger partial charge in [-0.25, -0.2) is 9.97 Å². The van der Waals surface area contributed by atoms with Crippen molar-refractivity contribution in [2.75, 3.05) is 5.32 Å². The molecule has 0 unspecified atom stereocenters. The van der Waals surface area contributed by atoms with Gasteiger partial charge in [0.2, 0.25) is 0 Å². The van der Waals surface area contributed by atoms with Gasteiger partial charge in [0.05, 0.1) is 5.69 Å². The van der Waals surface area contributed by atoms with E-state index in [1.54, 1.807) is 6.33 Å². The molecule has 0 bridgehead atoms. The van der Waals surface area contributed by atoms with Crippen LogP contribution in [0, 0.1) is 0 Å². The van der Waals surface area contributed by atoms with Gasteiger partial charge in [-0.2, -0.15) is 0 Å². The molecule has 0 spiro atoms. The Labute approximate surface area is 87.5 Å². The molecule has 0 atom stereocenters. The molecule has 0 saturated carbocycles. The number of aromatic nitrogens is 2.